The molecule has 0 aliphatic rings. The molecule has 0 saturated heterocycles. The van der Waals surface area contributed by atoms with Gasteiger partial charge in [-0.3, -0.25) is 9.78 Å². The predicted molar refractivity (Wildman–Crippen MR) is 66.4 cm³/mol. The zero-order valence-corrected chi connectivity index (χ0v) is 10.0. The van der Waals surface area contributed by atoms with Gasteiger partial charge in [0.25, 0.3) is 0 Å². The van der Waals surface area contributed by atoms with Crippen LogP contribution >= 0.6 is 0 Å². The zero-order chi connectivity index (χ0) is 12.6. The van der Waals surface area contributed by atoms with Crippen molar-refractivity contribution in [3.05, 3.63) is 54.2 Å². The zero-order valence-electron chi connectivity index (χ0n) is 10.0. The average Bonchev–Trinajstić information content (AvgIpc) is 2.93. The van der Waals surface area contributed by atoms with Crippen molar-refractivity contribution < 1.29 is 13.9 Å². The first-order chi connectivity index (χ1) is 8.86. The Balaban J connectivity index is 1.61. The summed E-state index contributed by atoms with van der Waals surface area (Å²) in [5.74, 6) is 0.230. The molecule has 0 atom stereocenters. The van der Waals surface area contributed by atoms with Crippen LogP contribution in [0.4, 0.5) is 0 Å². The predicted octanol–water partition coefficient (Wildman–Crippen LogP) is 2.51. The molecule has 0 aliphatic carbocycles. The minimum atomic E-state index is -0.121. The lowest BCUT2D eigenvalue weighted by molar-refractivity contribution is 0.0729. The third-order valence-electron chi connectivity index (χ3n) is 2.53. The van der Waals surface area contributed by atoms with Crippen LogP contribution in [0.1, 0.15) is 22.5 Å². The van der Waals surface area contributed by atoms with Crippen molar-refractivity contribution in [2.75, 3.05) is 13.2 Å². The Bertz CT molecular complexity index is 465. The molecule has 2 rings (SSSR count). The first kappa shape index (κ1) is 12.5. The highest BCUT2D eigenvalue weighted by molar-refractivity contribution is 5.94. The number of ether oxygens (including phenoxy) is 1. The fourth-order valence-corrected chi connectivity index (χ4v) is 1.60. The van der Waals surface area contributed by atoms with E-state index in [-0.39, 0.29) is 12.4 Å². The Kier molecular flexibility index (Phi) is 4.67. The van der Waals surface area contributed by atoms with Crippen LogP contribution in [-0.2, 0) is 11.2 Å². The number of carbonyl (C=O) groups excluding carboxylic acids is 1. The van der Waals surface area contributed by atoms with E-state index in [0.29, 0.717) is 12.4 Å². The van der Waals surface area contributed by atoms with Crippen molar-refractivity contribution in [3.63, 3.8) is 0 Å². The maximum atomic E-state index is 11.5. The van der Waals surface area contributed by atoms with Crippen LogP contribution in [-0.4, -0.2) is 24.0 Å². The Hall–Kier alpha value is -1.94. The second-order valence-corrected chi connectivity index (χ2v) is 3.91. The number of furan rings is 1. The van der Waals surface area contributed by atoms with Gasteiger partial charge in [0.05, 0.1) is 6.26 Å². The van der Waals surface area contributed by atoms with Crippen molar-refractivity contribution in [2.45, 2.75) is 12.8 Å². The van der Waals surface area contributed by atoms with Gasteiger partial charge in [-0.25, -0.2) is 0 Å². The highest BCUT2D eigenvalue weighted by atomic mass is 16.5. The number of aromatic nitrogens is 1. The van der Waals surface area contributed by atoms with Crippen LogP contribution in [0.25, 0.3) is 0 Å². The molecular weight excluding hydrogens is 230 g/mol. The van der Waals surface area contributed by atoms with Gasteiger partial charge >= 0.3 is 0 Å². The van der Waals surface area contributed by atoms with Crippen LogP contribution in [0.3, 0.4) is 0 Å². The van der Waals surface area contributed by atoms with Crippen molar-refractivity contribution >= 4 is 5.78 Å². The monoisotopic (exact) mass is 245 g/mol. The molecule has 0 saturated carbocycles. The number of ketones is 1. The molecule has 0 radical (unpaired) electrons. The minimum Gasteiger partial charge on any atom is -0.461 e. The molecule has 0 aromatic carbocycles. The number of nitrogens with zero attached hydrogens (tertiary/aromatic N) is 1. The van der Waals surface area contributed by atoms with Gasteiger partial charge < -0.3 is 9.15 Å². The van der Waals surface area contributed by atoms with E-state index in [2.05, 4.69) is 4.98 Å². The normalized spacial score (nSPS) is 10.4. The van der Waals surface area contributed by atoms with E-state index in [1.54, 1.807) is 24.5 Å². The summed E-state index contributed by atoms with van der Waals surface area (Å²) >= 11 is 0. The smallest absolute Gasteiger partial charge is 0.223 e. The summed E-state index contributed by atoms with van der Waals surface area (Å²) in [6, 6.07) is 7.29. The Morgan fingerprint density at radius 1 is 1.28 bits per heavy atom. The third kappa shape index (κ3) is 3.82. The van der Waals surface area contributed by atoms with Gasteiger partial charge in [0.1, 0.15) is 6.61 Å². The molecular formula is C14H15NO3. The summed E-state index contributed by atoms with van der Waals surface area (Å²) in [5, 5.41) is 0. The molecule has 2 heterocycles. The maximum absolute atomic E-state index is 11.5. The van der Waals surface area contributed by atoms with Gasteiger partial charge in [-0.05, 0) is 42.7 Å². The standard InChI is InChI=1S/C14H15NO3/c16-13(14-4-2-10-18-14)11-17-9-1-3-12-5-7-15-8-6-12/h2,4-8,10H,1,3,9,11H2. The van der Waals surface area contributed by atoms with Gasteiger partial charge in [0.2, 0.25) is 5.78 Å². The highest BCUT2D eigenvalue weighted by Gasteiger charge is 2.07. The van der Waals surface area contributed by atoms with Crippen LogP contribution < -0.4 is 0 Å². The molecule has 0 N–H and O–H groups in total. The molecule has 0 spiro atoms. The lowest BCUT2D eigenvalue weighted by Gasteiger charge is -2.02. The summed E-state index contributed by atoms with van der Waals surface area (Å²) in [5.41, 5.74) is 1.23. The fourth-order valence-electron chi connectivity index (χ4n) is 1.60. The third-order valence-corrected chi connectivity index (χ3v) is 2.53. The quantitative estimate of drug-likeness (QED) is 0.555. The molecule has 0 unspecified atom stereocenters. The van der Waals surface area contributed by atoms with E-state index >= 15 is 0 Å². The molecule has 0 aliphatic heterocycles. The van der Waals surface area contributed by atoms with E-state index < -0.39 is 0 Å². The SMILES string of the molecule is O=C(COCCCc1ccncc1)c1ccco1. The first-order valence-electron chi connectivity index (χ1n) is 5.89. The van der Waals surface area contributed by atoms with Crippen LogP contribution in [0.2, 0.25) is 0 Å². The molecule has 0 fully saturated rings. The Morgan fingerprint density at radius 3 is 2.83 bits per heavy atom. The van der Waals surface area contributed by atoms with E-state index in [1.807, 2.05) is 12.1 Å². The second-order valence-electron chi connectivity index (χ2n) is 3.91. The van der Waals surface area contributed by atoms with E-state index in [4.69, 9.17) is 9.15 Å². The van der Waals surface area contributed by atoms with E-state index in [1.165, 1.54) is 11.8 Å². The molecule has 0 bridgehead atoms. The van der Waals surface area contributed by atoms with Gasteiger partial charge in [0.15, 0.2) is 5.76 Å². The van der Waals surface area contributed by atoms with E-state index in [9.17, 15) is 4.79 Å². The molecule has 2 aromatic heterocycles. The average molecular weight is 245 g/mol. The summed E-state index contributed by atoms with van der Waals surface area (Å²) in [7, 11) is 0. The van der Waals surface area contributed by atoms with Crippen molar-refractivity contribution in [2.24, 2.45) is 0 Å². The highest BCUT2D eigenvalue weighted by Crippen LogP contribution is 2.03. The minimum absolute atomic E-state index is 0.0733. The lowest BCUT2D eigenvalue weighted by Crippen LogP contribution is -2.09. The van der Waals surface area contributed by atoms with Gasteiger partial charge in [0, 0.05) is 19.0 Å². The number of carbonyl (C=O) groups is 1. The van der Waals surface area contributed by atoms with Crippen LogP contribution in [0.5, 0.6) is 0 Å². The molecule has 94 valence electrons. The lowest BCUT2D eigenvalue weighted by atomic mass is 10.1. The number of hydrogen-bond acceptors (Lipinski definition) is 4. The second kappa shape index (κ2) is 6.71. The van der Waals surface area contributed by atoms with Gasteiger partial charge in [-0.1, -0.05) is 0 Å². The number of aryl methyl sites for hydroxylation is 1. The number of hydrogen-bond donors (Lipinski definition) is 0. The summed E-state index contributed by atoms with van der Waals surface area (Å²) in [6.07, 6.45) is 6.84. The molecule has 2 aromatic rings. The van der Waals surface area contributed by atoms with Crippen molar-refractivity contribution in [1.29, 1.82) is 0 Å². The van der Waals surface area contributed by atoms with E-state index in [0.717, 1.165) is 12.8 Å². The molecule has 0 amide bonds. The van der Waals surface area contributed by atoms with Crippen LogP contribution in [0.15, 0.2) is 47.3 Å². The Morgan fingerprint density at radius 2 is 2.11 bits per heavy atom. The first-order valence-corrected chi connectivity index (χ1v) is 5.89. The summed E-state index contributed by atoms with van der Waals surface area (Å²) in [6.45, 7) is 0.638. The molecule has 4 heteroatoms. The largest absolute Gasteiger partial charge is 0.461 e. The fraction of sp³-hybridized carbons (Fsp3) is 0.286. The van der Waals surface area contributed by atoms with Gasteiger partial charge in [-0.2, -0.15) is 0 Å². The summed E-state index contributed by atoms with van der Waals surface area (Å²) in [4.78, 5) is 15.5. The number of Topliss-reactive ketones (excluding diaryl/α,β-unsaturated/α-hetero) is 1. The number of rotatable bonds is 7. The summed E-state index contributed by atoms with van der Waals surface area (Å²) < 4.78 is 10.3. The maximum Gasteiger partial charge on any atom is 0.223 e. The van der Waals surface area contributed by atoms with Crippen molar-refractivity contribution in [3.8, 4) is 0 Å². The van der Waals surface area contributed by atoms with Crippen molar-refractivity contribution in [1.82, 2.24) is 4.98 Å². The molecule has 4 nitrogen and oxygen atoms in total. The topological polar surface area (TPSA) is 52.3 Å². The molecule has 18 heavy (non-hydrogen) atoms. The van der Waals surface area contributed by atoms with Crippen LogP contribution in [0, 0.1) is 0 Å². The van der Waals surface area contributed by atoms with Gasteiger partial charge in [-0.15, -0.1) is 0 Å². The number of pyridine rings is 1. The Labute approximate surface area is 106 Å².